The Kier molecular flexibility index (Phi) is 11.5. The summed E-state index contributed by atoms with van der Waals surface area (Å²) >= 11 is -5.44. The molecule has 2 heterocycles. The van der Waals surface area contributed by atoms with Gasteiger partial charge in [0.25, 0.3) is 0 Å². The Labute approximate surface area is 381 Å². The summed E-state index contributed by atoms with van der Waals surface area (Å²) in [6, 6.07) is 27.5. The third-order valence-corrected chi connectivity index (χ3v) is 64.9. The van der Waals surface area contributed by atoms with Crippen LogP contribution in [0.4, 0.5) is 0 Å². The zero-order chi connectivity index (χ0) is 45.2. The molecule has 0 fully saturated rings. The normalized spacial score (nSPS) is 16.7. The first-order valence-electron chi connectivity index (χ1n) is 22.3. The average Bonchev–Trinajstić information content (AvgIpc) is 3.94. The Balaban J connectivity index is 1.44. The first kappa shape index (κ1) is 45.6. The van der Waals surface area contributed by atoms with Crippen LogP contribution in [0.2, 0.25) is 52.4 Å². The summed E-state index contributed by atoms with van der Waals surface area (Å²) in [7, 11) is 15.0. The molecule has 2 aliphatic carbocycles. The molecule has 2 nitrogen and oxygen atoms in total. The number of rotatable bonds is 8. The van der Waals surface area contributed by atoms with Crippen LogP contribution in [0, 0.1) is 55.4 Å². The van der Waals surface area contributed by atoms with E-state index in [9.17, 15) is 0 Å². The predicted octanol–water partition coefficient (Wildman–Crippen LogP) is 15.9. The molecule has 0 bridgehead atoms. The number of furan rings is 2. The monoisotopic (exact) mass is 988 g/mol. The molecular formula is C54H64Cl2O2Si3Zr. The Morgan fingerprint density at radius 1 is 0.484 bits per heavy atom. The number of benzene rings is 4. The van der Waals surface area contributed by atoms with Gasteiger partial charge >= 0.3 is 385 Å². The van der Waals surface area contributed by atoms with Crippen molar-refractivity contribution in [1.82, 2.24) is 0 Å². The van der Waals surface area contributed by atoms with Gasteiger partial charge in [0.1, 0.15) is 0 Å². The molecule has 2 unspecified atom stereocenters. The van der Waals surface area contributed by atoms with Crippen LogP contribution in [0.1, 0.15) is 85.9 Å². The third kappa shape index (κ3) is 7.26. The van der Waals surface area contributed by atoms with Crippen molar-refractivity contribution < 1.29 is 23.8 Å². The van der Waals surface area contributed by atoms with E-state index in [1.54, 1.807) is 10.4 Å². The second-order valence-electron chi connectivity index (χ2n) is 21.0. The molecule has 0 aliphatic heterocycles. The molecule has 6 aromatic rings. The molecular weight excluding hydrogens is 927 g/mol. The van der Waals surface area contributed by atoms with Gasteiger partial charge in [0.2, 0.25) is 0 Å². The number of hydrogen-bond acceptors (Lipinski definition) is 2. The summed E-state index contributed by atoms with van der Waals surface area (Å²) in [4.78, 5) is 0. The average molecular weight is 991 g/mol. The SMILES string of the molecule is Cc1ccc(C2=Cc3c(ccc(C)c3-c3cc(C)c([Si](C)(C)C)c(C)c3)[CH]2[Zr]([Cl])([Cl])([CH]2C(c3ccc(C)o3)=Cc3c2ccc(C)c3-c2cc(C)c([Si](C)(C)C)c(C)c2)=[Si](C)C)o1. The summed E-state index contributed by atoms with van der Waals surface area (Å²) < 4.78 is 12.8. The van der Waals surface area contributed by atoms with E-state index in [1.165, 1.54) is 77.9 Å². The van der Waals surface area contributed by atoms with E-state index in [4.69, 9.17) is 25.9 Å². The first-order valence-corrected chi connectivity index (χ1v) is 44.6. The molecule has 0 saturated carbocycles. The number of allylic oxidation sites excluding steroid dienone is 2. The maximum atomic E-state index is 9.08. The van der Waals surface area contributed by atoms with Crippen LogP contribution in [0.15, 0.2) is 81.6 Å². The van der Waals surface area contributed by atoms with Crippen molar-refractivity contribution in [2.45, 2.75) is 115 Å². The van der Waals surface area contributed by atoms with E-state index in [-0.39, 0.29) is 7.25 Å². The Bertz CT molecular complexity index is 2770. The molecule has 0 spiro atoms. The van der Waals surface area contributed by atoms with Crippen LogP contribution in [0.25, 0.3) is 45.6 Å². The van der Waals surface area contributed by atoms with Gasteiger partial charge in [0, 0.05) is 0 Å². The van der Waals surface area contributed by atoms with Gasteiger partial charge in [0.15, 0.2) is 0 Å². The Morgan fingerprint density at radius 3 is 1.10 bits per heavy atom. The van der Waals surface area contributed by atoms with Crippen LogP contribution in [-0.4, -0.2) is 21.6 Å². The van der Waals surface area contributed by atoms with E-state index in [0.29, 0.717) is 0 Å². The van der Waals surface area contributed by atoms with Crippen LogP contribution in [-0.2, 0) is 15.0 Å². The summed E-state index contributed by atoms with van der Waals surface area (Å²) in [6.45, 7) is 37.2. The number of halogens is 2. The fourth-order valence-corrected chi connectivity index (χ4v) is 44.7. The molecule has 322 valence electrons. The van der Waals surface area contributed by atoms with E-state index in [1.807, 2.05) is 13.8 Å². The molecule has 0 amide bonds. The van der Waals surface area contributed by atoms with Crippen molar-refractivity contribution in [1.29, 1.82) is 0 Å². The van der Waals surface area contributed by atoms with Crippen molar-refractivity contribution in [3.63, 3.8) is 0 Å². The summed E-state index contributed by atoms with van der Waals surface area (Å²) in [5, 5.41) is 3.09. The number of hydrogen-bond donors (Lipinski definition) is 0. The standard InChI is InChI=1S/2C26H29OSi.C2H6Si.2ClH.Zr/c2*1-16-8-10-20-14-21(24-11-9-19(4)27-24)15-23(20)25(16)22-12-17(2)26(18(3)13-22)28(5,6)7;1-3-2;;;/h2*8-15H,1-7H3;1-2H3;2*1H;/q;;;;;+2/p-2. The Morgan fingerprint density at radius 2 is 0.823 bits per heavy atom. The summed E-state index contributed by atoms with van der Waals surface area (Å²) in [5.74, 6) is 3.46. The summed E-state index contributed by atoms with van der Waals surface area (Å²) in [6.07, 6.45) is 4.81. The van der Waals surface area contributed by atoms with Crippen molar-refractivity contribution in [2.24, 2.45) is 0 Å². The van der Waals surface area contributed by atoms with Crippen molar-refractivity contribution in [3.05, 3.63) is 151 Å². The molecule has 0 radical (unpaired) electrons. The van der Waals surface area contributed by atoms with Gasteiger partial charge in [-0.15, -0.1) is 0 Å². The first-order chi connectivity index (χ1) is 28.8. The molecule has 2 aliphatic rings. The fourth-order valence-electron chi connectivity index (χ4n) is 12.0. The van der Waals surface area contributed by atoms with Crippen LogP contribution in [0.3, 0.4) is 0 Å². The molecule has 0 saturated heterocycles. The quantitative estimate of drug-likeness (QED) is 0.142. The third-order valence-electron chi connectivity index (χ3n) is 14.0. The molecule has 2 atom stereocenters. The van der Waals surface area contributed by atoms with Gasteiger partial charge in [0.05, 0.1) is 0 Å². The van der Waals surface area contributed by atoms with Gasteiger partial charge in [-0.3, -0.25) is 0 Å². The molecule has 4 aromatic carbocycles. The molecule has 0 N–H and O–H groups in total. The molecule has 8 rings (SSSR count). The van der Waals surface area contributed by atoms with Gasteiger partial charge in [-0.2, -0.15) is 0 Å². The van der Waals surface area contributed by atoms with E-state index >= 15 is 0 Å². The maximum absolute atomic E-state index is 9.08. The zero-order valence-corrected chi connectivity index (χ0v) is 46.8. The zero-order valence-electron chi connectivity index (χ0n) is 39.8. The number of aryl methyl sites for hydroxylation is 8. The minimum absolute atomic E-state index is 0.229. The minimum atomic E-state index is -5.44. The predicted molar refractivity (Wildman–Crippen MR) is 275 cm³/mol. The van der Waals surface area contributed by atoms with E-state index in [0.717, 1.165) is 34.2 Å². The van der Waals surface area contributed by atoms with Gasteiger partial charge < -0.3 is 0 Å². The molecule has 62 heavy (non-hydrogen) atoms. The van der Waals surface area contributed by atoms with Gasteiger partial charge in [-0.25, -0.2) is 0 Å². The van der Waals surface area contributed by atoms with Crippen molar-refractivity contribution in [2.75, 3.05) is 0 Å². The van der Waals surface area contributed by atoms with Crippen molar-refractivity contribution >= 4 is 72.3 Å². The molecule has 8 heteroatoms. The van der Waals surface area contributed by atoms with Gasteiger partial charge in [-0.1, -0.05) is 0 Å². The van der Waals surface area contributed by atoms with Crippen LogP contribution >= 0.6 is 17.0 Å². The Hall–Kier alpha value is -2.97. The molecule has 2 aromatic heterocycles. The topological polar surface area (TPSA) is 26.3 Å². The van der Waals surface area contributed by atoms with Crippen LogP contribution < -0.4 is 10.4 Å². The second-order valence-corrected chi connectivity index (χ2v) is 69.8. The van der Waals surface area contributed by atoms with Gasteiger partial charge in [-0.05, 0) is 0 Å². The van der Waals surface area contributed by atoms with Crippen LogP contribution in [0.5, 0.6) is 0 Å². The second kappa shape index (κ2) is 15.6. The number of fused-ring (bicyclic) bond motifs is 2. The van der Waals surface area contributed by atoms with Crippen molar-refractivity contribution in [3.8, 4) is 22.3 Å². The van der Waals surface area contributed by atoms with E-state index < -0.39 is 36.6 Å². The summed E-state index contributed by atoms with van der Waals surface area (Å²) in [5.41, 5.74) is 18.7. The van der Waals surface area contributed by atoms with E-state index in [2.05, 4.69) is 179 Å². The fraction of sp³-hybridized carbons (Fsp3) is 0.333.